The van der Waals surface area contributed by atoms with E-state index in [0.717, 1.165) is 5.75 Å². The molecular formula is C17H18N2O3S. The fourth-order valence-corrected chi connectivity index (χ4v) is 3.00. The summed E-state index contributed by atoms with van der Waals surface area (Å²) in [6, 6.07) is 14.8. The molecular weight excluding hydrogens is 312 g/mol. The standard InChI is InChI=1S/C17H18N2O3S/c1-13-15(8-5-9-16(13)19(21)22)18-17(20)10-11-23-12-14-6-3-2-4-7-14/h2-9H,10-12H2,1H3,(H,18,20). The number of rotatable bonds is 7. The highest BCUT2D eigenvalue weighted by atomic mass is 32.2. The van der Waals surface area contributed by atoms with E-state index < -0.39 is 4.92 Å². The predicted molar refractivity (Wildman–Crippen MR) is 93.7 cm³/mol. The Bertz CT molecular complexity index is 689. The molecule has 1 amide bonds. The van der Waals surface area contributed by atoms with Gasteiger partial charge in [-0.1, -0.05) is 36.4 Å². The van der Waals surface area contributed by atoms with Gasteiger partial charge in [-0.25, -0.2) is 0 Å². The molecule has 0 saturated carbocycles. The van der Waals surface area contributed by atoms with Crippen molar-refractivity contribution in [3.8, 4) is 0 Å². The van der Waals surface area contributed by atoms with Crippen LogP contribution in [-0.4, -0.2) is 16.6 Å². The summed E-state index contributed by atoms with van der Waals surface area (Å²) in [7, 11) is 0. The van der Waals surface area contributed by atoms with Gasteiger partial charge in [0.1, 0.15) is 0 Å². The summed E-state index contributed by atoms with van der Waals surface area (Å²) >= 11 is 1.69. The molecule has 0 aliphatic rings. The molecule has 2 aromatic carbocycles. The maximum absolute atomic E-state index is 12.0. The molecule has 23 heavy (non-hydrogen) atoms. The maximum atomic E-state index is 12.0. The van der Waals surface area contributed by atoms with E-state index >= 15 is 0 Å². The van der Waals surface area contributed by atoms with Crippen molar-refractivity contribution in [1.82, 2.24) is 0 Å². The van der Waals surface area contributed by atoms with Crippen molar-refractivity contribution in [2.75, 3.05) is 11.1 Å². The molecule has 0 heterocycles. The lowest BCUT2D eigenvalue weighted by Crippen LogP contribution is -2.13. The van der Waals surface area contributed by atoms with E-state index in [1.807, 2.05) is 18.2 Å². The number of benzene rings is 2. The second-order valence-corrected chi connectivity index (χ2v) is 6.15. The fourth-order valence-electron chi connectivity index (χ4n) is 2.10. The number of amides is 1. The van der Waals surface area contributed by atoms with Gasteiger partial charge in [-0.15, -0.1) is 0 Å². The molecule has 0 fully saturated rings. The number of carbonyl (C=O) groups is 1. The summed E-state index contributed by atoms with van der Waals surface area (Å²) in [5.41, 5.74) is 2.22. The number of nitro groups is 1. The largest absolute Gasteiger partial charge is 0.326 e. The highest BCUT2D eigenvalue weighted by Gasteiger charge is 2.14. The zero-order valence-electron chi connectivity index (χ0n) is 12.8. The van der Waals surface area contributed by atoms with Gasteiger partial charge in [0.2, 0.25) is 5.91 Å². The number of carbonyl (C=O) groups excluding carboxylic acids is 1. The van der Waals surface area contributed by atoms with E-state index in [4.69, 9.17) is 0 Å². The molecule has 2 aromatic rings. The zero-order valence-corrected chi connectivity index (χ0v) is 13.6. The Morgan fingerprint density at radius 3 is 2.61 bits per heavy atom. The lowest BCUT2D eigenvalue weighted by atomic mass is 10.1. The Morgan fingerprint density at radius 2 is 1.91 bits per heavy atom. The molecule has 0 radical (unpaired) electrons. The first-order valence-electron chi connectivity index (χ1n) is 7.23. The van der Waals surface area contributed by atoms with Crippen LogP contribution in [0.2, 0.25) is 0 Å². The third-order valence-electron chi connectivity index (χ3n) is 3.36. The minimum Gasteiger partial charge on any atom is -0.326 e. The van der Waals surface area contributed by atoms with Gasteiger partial charge in [-0.05, 0) is 18.6 Å². The van der Waals surface area contributed by atoms with Gasteiger partial charge in [0.15, 0.2) is 0 Å². The van der Waals surface area contributed by atoms with Crippen LogP contribution in [-0.2, 0) is 10.5 Å². The molecule has 0 aromatic heterocycles. The first-order chi connectivity index (χ1) is 11.1. The molecule has 0 spiro atoms. The van der Waals surface area contributed by atoms with Gasteiger partial charge < -0.3 is 5.32 Å². The number of thioether (sulfide) groups is 1. The molecule has 2 rings (SSSR count). The van der Waals surface area contributed by atoms with E-state index in [1.165, 1.54) is 11.6 Å². The van der Waals surface area contributed by atoms with Crippen LogP contribution in [0.4, 0.5) is 11.4 Å². The Hall–Kier alpha value is -2.34. The number of nitro benzene ring substituents is 1. The average Bonchev–Trinajstić information content (AvgIpc) is 2.54. The summed E-state index contributed by atoms with van der Waals surface area (Å²) in [6.07, 6.45) is 0.375. The average molecular weight is 330 g/mol. The van der Waals surface area contributed by atoms with Crippen molar-refractivity contribution in [3.63, 3.8) is 0 Å². The monoisotopic (exact) mass is 330 g/mol. The molecule has 0 saturated heterocycles. The summed E-state index contributed by atoms with van der Waals surface area (Å²) in [5.74, 6) is 1.44. The van der Waals surface area contributed by atoms with Crippen LogP contribution < -0.4 is 5.32 Å². The van der Waals surface area contributed by atoms with Gasteiger partial charge in [0.05, 0.1) is 16.2 Å². The van der Waals surface area contributed by atoms with Crippen molar-refractivity contribution >= 4 is 29.0 Å². The molecule has 1 N–H and O–H groups in total. The van der Waals surface area contributed by atoms with Gasteiger partial charge in [0, 0.05) is 24.0 Å². The first-order valence-corrected chi connectivity index (χ1v) is 8.39. The van der Waals surface area contributed by atoms with Crippen LogP contribution >= 0.6 is 11.8 Å². The quantitative estimate of drug-likeness (QED) is 0.470. The topological polar surface area (TPSA) is 72.2 Å². The third-order valence-corrected chi connectivity index (χ3v) is 4.39. The highest BCUT2D eigenvalue weighted by Crippen LogP contribution is 2.25. The van der Waals surface area contributed by atoms with Gasteiger partial charge in [-0.2, -0.15) is 11.8 Å². The second kappa shape index (κ2) is 8.33. The normalized spacial score (nSPS) is 10.3. The zero-order chi connectivity index (χ0) is 16.7. The van der Waals surface area contributed by atoms with Gasteiger partial charge in [-0.3, -0.25) is 14.9 Å². The van der Waals surface area contributed by atoms with Crippen molar-refractivity contribution in [2.24, 2.45) is 0 Å². The van der Waals surface area contributed by atoms with Crippen LogP contribution in [0.15, 0.2) is 48.5 Å². The summed E-state index contributed by atoms with van der Waals surface area (Å²) in [5, 5.41) is 13.6. The number of nitrogens with one attached hydrogen (secondary N) is 1. The minimum atomic E-state index is -0.444. The predicted octanol–water partition coefficient (Wildman–Crippen LogP) is 4.17. The number of anilines is 1. The van der Waals surface area contributed by atoms with Crippen LogP contribution in [0, 0.1) is 17.0 Å². The Kier molecular flexibility index (Phi) is 6.17. The molecule has 5 nitrogen and oxygen atoms in total. The van der Waals surface area contributed by atoms with E-state index in [0.29, 0.717) is 23.4 Å². The summed E-state index contributed by atoms with van der Waals surface area (Å²) < 4.78 is 0. The maximum Gasteiger partial charge on any atom is 0.274 e. The minimum absolute atomic E-state index is 0.0150. The smallest absolute Gasteiger partial charge is 0.274 e. The van der Waals surface area contributed by atoms with Gasteiger partial charge >= 0.3 is 0 Å². The second-order valence-electron chi connectivity index (χ2n) is 5.04. The lowest BCUT2D eigenvalue weighted by molar-refractivity contribution is -0.385. The Balaban J connectivity index is 1.81. The van der Waals surface area contributed by atoms with Crippen LogP contribution in [0.5, 0.6) is 0 Å². The molecule has 0 aliphatic carbocycles. The lowest BCUT2D eigenvalue weighted by Gasteiger charge is -2.08. The molecule has 0 unspecified atom stereocenters. The molecule has 0 aliphatic heterocycles. The SMILES string of the molecule is Cc1c(NC(=O)CCSCc2ccccc2)cccc1[N+](=O)[O-]. The molecule has 120 valence electrons. The van der Waals surface area contributed by atoms with Crippen molar-refractivity contribution in [2.45, 2.75) is 19.1 Å². The van der Waals surface area contributed by atoms with Crippen LogP contribution in [0.3, 0.4) is 0 Å². The summed E-state index contributed by atoms with van der Waals surface area (Å²) in [4.78, 5) is 22.4. The van der Waals surface area contributed by atoms with E-state index in [-0.39, 0.29) is 11.6 Å². The Morgan fingerprint density at radius 1 is 1.17 bits per heavy atom. The van der Waals surface area contributed by atoms with Crippen molar-refractivity contribution in [1.29, 1.82) is 0 Å². The fraction of sp³-hybridized carbons (Fsp3) is 0.235. The number of hydrogen-bond donors (Lipinski definition) is 1. The highest BCUT2D eigenvalue weighted by molar-refractivity contribution is 7.98. The molecule has 6 heteroatoms. The van der Waals surface area contributed by atoms with Crippen LogP contribution in [0.1, 0.15) is 17.5 Å². The van der Waals surface area contributed by atoms with Crippen molar-refractivity contribution < 1.29 is 9.72 Å². The number of nitrogens with zero attached hydrogens (tertiary/aromatic N) is 1. The first kappa shape index (κ1) is 17.0. The molecule has 0 atom stereocenters. The number of hydrogen-bond acceptors (Lipinski definition) is 4. The van der Waals surface area contributed by atoms with E-state index in [1.54, 1.807) is 30.8 Å². The van der Waals surface area contributed by atoms with Crippen LogP contribution in [0.25, 0.3) is 0 Å². The third kappa shape index (κ3) is 5.10. The molecule has 0 bridgehead atoms. The van der Waals surface area contributed by atoms with E-state index in [9.17, 15) is 14.9 Å². The van der Waals surface area contributed by atoms with Gasteiger partial charge in [0.25, 0.3) is 5.69 Å². The Labute approximate surface area is 139 Å². The van der Waals surface area contributed by atoms with Crippen molar-refractivity contribution in [3.05, 3.63) is 69.8 Å². The summed E-state index contributed by atoms with van der Waals surface area (Å²) in [6.45, 7) is 1.64. The van der Waals surface area contributed by atoms with E-state index in [2.05, 4.69) is 17.4 Å².